The second-order valence-electron chi connectivity index (χ2n) is 6.01. The summed E-state index contributed by atoms with van der Waals surface area (Å²) in [4.78, 5) is 17.0. The van der Waals surface area contributed by atoms with Crippen molar-refractivity contribution in [3.8, 4) is 22.3 Å². The third-order valence-corrected chi connectivity index (χ3v) is 5.31. The van der Waals surface area contributed by atoms with E-state index in [0.717, 1.165) is 20.8 Å². The number of hydrogen-bond acceptors (Lipinski definition) is 6. The average Bonchev–Trinajstić information content (AvgIpc) is 3.38. The van der Waals surface area contributed by atoms with Gasteiger partial charge in [-0.15, -0.1) is 11.3 Å². The summed E-state index contributed by atoms with van der Waals surface area (Å²) in [6, 6.07) is 16.7. The fourth-order valence-corrected chi connectivity index (χ4v) is 3.76. The lowest BCUT2D eigenvalue weighted by molar-refractivity contribution is 0.0923. The molecular formula is C21H18N2O4S. The minimum absolute atomic E-state index is 0.233. The van der Waals surface area contributed by atoms with Gasteiger partial charge in [-0.3, -0.25) is 4.79 Å². The van der Waals surface area contributed by atoms with E-state index in [1.54, 1.807) is 38.5 Å². The van der Waals surface area contributed by atoms with Crippen LogP contribution in [0, 0.1) is 0 Å². The molecular weight excluding hydrogens is 376 g/mol. The first kappa shape index (κ1) is 18.1. The van der Waals surface area contributed by atoms with Crippen LogP contribution in [0.2, 0.25) is 0 Å². The summed E-state index contributed by atoms with van der Waals surface area (Å²) in [7, 11) is 3.18. The standard InChI is InChI=1S/C21H18N2O4S/c1-25-14-7-8-16(26-2)13(11-14)12-22-20(24)17-9-10-18(27-17)21-23-15-5-3-4-6-19(15)28-21/h3-11H,12H2,1-2H3,(H,22,24). The molecule has 0 aliphatic heterocycles. The number of nitrogens with one attached hydrogen (secondary N) is 1. The van der Waals surface area contributed by atoms with Crippen LogP contribution in [-0.2, 0) is 6.54 Å². The Bertz CT molecular complexity index is 1100. The molecule has 0 fully saturated rings. The number of hydrogen-bond donors (Lipinski definition) is 1. The van der Waals surface area contributed by atoms with Crippen LogP contribution < -0.4 is 14.8 Å². The maximum absolute atomic E-state index is 12.5. The van der Waals surface area contributed by atoms with Gasteiger partial charge in [0.1, 0.15) is 11.5 Å². The van der Waals surface area contributed by atoms with Gasteiger partial charge in [-0.25, -0.2) is 4.98 Å². The van der Waals surface area contributed by atoms with E-state index in [-0.39, 0.29) is 18.2 Å². The van der Waals surface area contributed by atoms with Crippen molar-refractivity contribution in [3.63, 3.8) is 0 Å². The van der Waals surface area contributed by atoms with Crippen molar-refractivity contribution in [2.75, 3.05) is 14.2 Å². The van der Waals surface area contributed by atoms with Gasteiger partial charge in [-0.05, 0) is 42.5 Å². The summed E-state index contributed by atoms with van der Waals surface area (Å²) in [5.41, 5.74) is 1.73. The quantitative estimate of drug-likeness (QED) is 0.521. The molecule has 7 heteroatoms. The van der Waals surface area contributed by atoms with Gasteiger partial charge in [0.05, 0.1) is 24.4 Å². The van der Waals surface area contributed by atoms with Gasteiger partial charge in [-0.2, -0.15) is 0 Å². The van der Waals surface area contributed by atoms with Gasteiger partial charge < -0.3 is 19.2 Å². The highest BCUT2D eigenvalue weighted by Gasteiger charge is 2.15. The second-order valence-corrected chi connectivity index (χ2v) is 7.04. The van der Waals surface area contributed by atoms with Gasteiger partial charge in [0.25, 0.3) is 5.91 Å². The van der Waals surface area contributed by atoms with Gasteiger partial charge in [0.15, 0.2) is 16.5 Å². The van der Waals surface area contributed by atoms with Gasteiger partial charge in [0.2, 0.25) is 0 Å². The predicted molar refractivity (Wildman–Crippen MR) is 108 cm³/mol. The Kier molecular flexibility index (Phi) is 4.99. The molecule has 1 N–H and O–H groups in total. The number of carbonyl (C=O) groups excluding carboxylic acids is 1. The zero-order chi connectivity index (χ0) is 19.5. The number of furan rings is 1. The highest BCUT2D eigenvalue weighted by Crippen LogP contribution is 2.31. The van der Waals surface area contributed by atoms with Crippen molar-refractivity contribution in [2.45, 2.75) is 6.54 Å². The van der Waals surface area contributed by atoms with Gasteiger partial charge in [0, 0.05) is 12.1 Å². The Morgan fingerprint density at radius 1 is 1.11 bits per heavy atom. The molecule has 0 bridgehead atoms. The molecule has 6 nitrogen and oxygen atoms in total. The Morgan fingerprint density at radius 2 is 1.96 bits per heavy atom. The van der Waals surface area contributed by atoms with Crippen LogP contribution >= 0.6 is 11.3 Å². The van der Waals surface area contributed by atoms with E-state index in [0.29, 0.717) is 17.3 Å². The first-order valence-corrected chi connectivity index (χ1v) is 9.44. The minimum Gasteiger partial charge on any atom is -0.497 e. The lowest BCUT2D eigenvalue weighted by atomic mass is 10.2. The van der Waals surface area contributed by atoms with Gasteiger partial charge >= 0.3 is 0 Å². The summed E-state index contributed by atoms with van der Waals surface area (Å²) in [5, 5.41) is 3.59. The molecule has 0 saturated carbocycles. The van der Waals surface area contributed by atoms with Crippen LogP contribution in [0.3, 0.4) is 0 Å². The molecule has 0 aliphatic rings. The first-order valence-electron chi connectivity index (χ1n) is 8.63. The summed E-state index contributed by atoms with van der Waals surface area (Å²) in [6.07, 6.45) is 0. The number of thiazole rings is 1. The number of ether oxygens (including phenoxy) is 2. The number of benzene rings is 2. The summed E-state index contributed by atoms with van der Waals surface area (Å²) in [5.74, 6) is 1.87. The largest absolute Gasteiger partial charge is 0.497 e. The van der Waals surface area contributed by atoms with Crippen molar-refractivity contribution in [2.24, 2.45) is 0 Å². The van der Waals surface area contributed by atoms with E-state index in [4.69, 9.17) is 13.9 Å². The number of nitrogens with zero attached hydrogens (tertiary/aromatic N) is 1. The van der Waals surface area contributed by atoms with Crippen LogP contribution in [0.4, 0.5) is 0 Å². The molecule has 4 aromatic rings. The number of carbonyl (C=O) groups is 1. The summed E-state index contributed by atoms with van der Waals surface area (Å²) in [6.45, 7) is 0.288. The van der Waals surface area contributed by atoms with E-state index in [1.165, 1.54) is 11.3 Å². The van der Waals surface area contributed by atoms with E-state index in [2.05, 4.69) is 10.3 Å². The fourth-order valence-electron chi connectivity index (χ4n) is 2.84. The Balaban J connectivity index is 1.49. The van der Waals surface area contributed by atoms with Crippen molar-refractivity contribution >= 4 is 27.5 Å². The van der Waals surface area contributed by atoms with Crippen molar-refractivity contribution in [3.05, 3.63) is 65.9 Å². The molecule has 2 aromatic carbocycles. The molecule has 0 saturated heterocycles. The molecule has 0 aliphatic carbocycles. The molecule has 0 radical (unpaired) electrons. The molecule has 142 valence electrons. The maximum Gasteiger partial charge on any atom is 0.287 e. The molecule has 0 atom stereocenters. The number of amides is 1. The molecule has 2 aromatic heterocycles. The molecule has 0 spiro atoms. The molecule has 28 heavy (non-hydrogen) atoms. The van der Waals surface area contributed by atoms with Crippen LogP contribution in [0.5, 0.6) is 11.5 Å². The Labute approximate surface area is 165 Å². The lowest BCUT2D eigenvalue weighted by Gasteiger charge is -2.11. The number of para-hydroxylation sites is 1. The van der Waals surface area contributed by atoms with Crippen LogP contribution in [0.15, 0.2) is 59.0 Å². The van der Waals surface area contributed by atoms with Crippen molar-refractivity contribution in [1.82, 2.24) is 10.3 Å². The van der Waals surface area contributed by atoms with E-state index in [1.807, 2.05) is 30.3 Å². The third kappa shape index (κ3) is 3.57. The molecule has 4 rings (SSSR count). The first-order chi connectivity index (χ1) is 13.7. The van der Waals surface area contributed by atoms with Gasteiger partial charge in [-0.1, -0.05) is 12.1 Å². The number of methoxy groups -OCH3 is 2. The number of aromatic nitrogens is 1. The molecule has 2 heterocycles. The third-order valence-electron chi connectivity index (χ3n) is 4.26. The zero-order valence-corrected chi connectivity index (χ0v) is 16.2. The average molecular weight is 394 g/mol. The topological polar surface area (TPSA) is 73.6 Å². The van der Waals surface area contributed by atoms with E-state index >= 15 is 0 Å². The monoisotopic (exact) mass is 394 g/mol. The Hall–Kier alpha value is -3.32. The van der Waals surface area contributed by atoms with Crippen LogP contribution in [-0.4, -0.2) is 25.1 Å². The number of rotatable bonds is 6. The summed E-state index contributed by atoms with van der Waals surface area (Å²) >= 11 is 1.53. The van der Waals surface area contributed by atoms with E-state index in [9.17, 15) is 4.79 Å². The van der Waals surface area contributed by atoms with Crippen molar-refractivity contribution in [1.29, 1.82) is 0 Å². The van der Waals surface area contributed by atoms with Crippen LogP contribution in [0.1, 0.15) is 16.1 Å². The normalized spacial score (nSPS) is 10.8. The maximum atomic E-state index is 12.5. The highest BCUT2D eigenvalue weighted by atomic mass is 32.1. The SMILES string of the molecule is COc1ccc(OC)c(CNC(=O)c2ccc(-c3nc4ccccc4s3)o2)c1. The van der Waals surface area contributed by atoms with E-state index < -0.39 is 0 Å². The van der Waals surface area contributed by atoms with Crippen LogP contribution in [0.25, 0.3) is 21.0 Å². The minimum atomic E-state index is -0.308. The lowest BCUT2D eigenvalue weighted by Crippen LogP contribution is -2.22. The molecule has 0 unspecified atom stereocenters. The summed E-state index contributed by atoms with van der Waals surface area (Å²) < 4.78 is 17.4. The smallest absolute Gasteiger partial charge is 0.287 e. The molecule has 1 amide bonds. The predicted octanol–water partition coefficient (Wildman–Crippen LogP) is 4.50. The Morgan fingerprint density at radius 3 is 2.75 bits per heavy atom. The zero-order valence-electron chi connectivity index (χ0n) is 15.4. The second kappa shape index (κ2) is 7.74. The van der Waals surface area contributed by atoms with Crippen molar-refractivity contribution < 1.29 is 18.7 Å². The highest BCUT2D eigenvalue weighted by molar-refractivity contribution is 7.21. The number of fused-ring (bicyclic) bond motifs is 1. The fraction of sp³-hybridized carbons (Fsp3) is 0.143.